The molecule has 2 aromatic rings. The average Bonchev–Trinajstić information content (AvgIpc) is 2.43. The van der Waals surface area contributed by atoms with E-state index in [9.17, 15) is 14.9 Å². The standard InChI is InChI=1S/C16H15NO4/c1-11-5-12(2)7-13(6-11)10-21-16-4-3-15(17(19)20)8-14(16)9-18/h3-9H,10H2,1-2H3. The van der Waals surface area contributed by atoms with Gasteiger partial charge in [-0.15, -0.1) is 0 Å². The molecule has 0 fully saturated rings. The van der Waals surface area contributed by atoms with E-state index in [2.05, 4.69) is 6.07 Å². The first-order valence-corrected chi connectivity index (χ1v) is 6.43. The Balaban J connectivity index is 2.19. The summed E-state index contributed by atoms with van der Waals surface area (Å²) in [6, 6.07) is 10.0. The van der Waals surface area contributed by atoms with Gasteiger partial charge in [-0.3, -0.25) is 14.9 Å². The molecule has 2 aromatic carbocycles. The highest BCUT2D eigenvalue weighted by atomic mass is 16.6. The topological polar surface area (TPSA) is 69.4 Å². The minimum absolute atomic E-state index is 0.129. The van der Waals surface area contributed by atoms with Crippen molar-refractivity contribution in [2.24, 2.45) is 0 Å². The van der Waals surface area contributed by atoms with E-state index in [0.29, 0.717) is 18.6 Å². The molecule has 21 heavy (non-hydrogen) atoms. The van der Waals surface area contributed by atoms with Gasteiger partial charge in [0.1, 0.15) is 12.4 Å². The fourth-order valence-electron chi connectivity index (χ4n) is 2.19. The molecule has 0 atom stereocenters. The summed E-state index contributed by atoms with van der Waals surface area (Å²) in [6.45, 7) is 4.31. The number of aryl methyl sites for hydroxylation is 2. The van der Waals surface area contributed by atoms with Gasteiger partial charge < -0.3 is 4.74 Å². The molecule has 0 spiro atoms. The largest absolute Gasteiger partial charge is 0.488 e. The van der Waals surface area contributed by atoms with Crippen molar-refractivity contribution in [3.05, 3.63) is 68.8 Å². The Bertz CT molecular complexity index is 674. The Morgan fingerprint density at radius 1 is 1.14 bits per heavy atom. The summed E-state index contributed by atoms with van der Waals surface area (Å²) in [5, 5.41) is 10.7. The summed E-state index contributed by atoms with van der Waals surface area (Å²) in [6.07, 6.45) is 0.559. The molecule has 5 nitrogen and oxygen atoms in total. The van der Waals surface area contributed by atoms with Crippen LogP contribution in [0.15, 0.2) is 36.4 Å². The lowest BCUT2D eigenvalue weighted by Crippen LogP contribution is -2.00. The number of carbonyl (C=O) groups excluding carboxylic acids is 1. The predicted molar refractivity (Wildman–Crippen MR) is 78.7 cm³/mol. The number of nitrogens with zero attached hydrogens (tertiary/aromatic N) is 1. The van der Waals surface area contributed by atoms with E-state index in [4.69, 9.17) is 4.74 Å². The smallest absolute Gasteiger partial charge is 0.270 e. The molecule has 108 valence electrons. The minimum Gasteiger partial charge on any atom is -0.488 e. The third-order valence-corrected chi connectivity index (χ3v) is 3.01. The molecule has 5 heteroatoms. The van der Waals surface area contributed by atoms with Crippen LogP contribution in [-0.4, -0.2) is 11.2 Å². The molecular formula is C16H15NO4. The van der Waals surface area contributed by atoms with Crippen LogP contribution in [-0.2, 0) is 6.61 Å². The van der Waals surface area contributed by atoms with Crippen molar-refractivity contribution in [3.8, 4) is 5.75 Å². The van der Waals surface area contributed by atoms with Gasteiger partial charge in [0.2, 0.25) is 0 Å². The van der Waals surface area contributed by atoms with Crippen molar-refractivity contribution in [2.45, 2.75) is 20.5 Å². The number of aldehydes is 1. The average molecular weight is 285 g/mol. The number of nitro benzene ring substituents is 1. The summed E-state index contributed by atoms with van der Waals surface area (Å²) < 4.78 is 5.60. The van der Waals surface area contributed by atoms with Crippen LogP contribution in [0.5, 0.6) is 5.75 Å². The van der Waals surface area contributed by atoms with Gasteiger partial charge in [0.15, 0.2) is 6.29 Å². The fourth-order valence-corrected chi connectivity index (χ4v) is 2.19. The molecule has 0 aliphatic carbocycles. The lowest BCUT2D eigenvalue weighted by molar-refractivity contribution is -0.384. The molecule has 0 saturated carbocycles. The van der Waals surface area contributed by atoms with Crippen molar-refractivity contribution in [1.29, 1.82) is 0 Å². The van der Waals surface area contributed by atoms with E-state index in [-0.39, 0.29) is 11.3 Å². The summed E-state index contributed by atoms with van der Waals surface area (Å²) in [5.41, 5.74) is 3.30. The van der Waals surface area contributed by atoms with Crippen molar-refractivity contribution >= 4 is 12.0 Å². The van der Waals surface area contributed by atoms with Crippen LogP contribution in [0.25, 0.3) is 0 Å². The van der Waals surface area contributed by atoms with Crippen LogP contribution in [0.3, 0.4) is 0 Å². The molecule has 0 aliphatic rings. The Morgan fingerprint density at radius 3 is 2.38 bits per heavy atom. The van der Waals surface area contributed by atoms with Gasteiger partial charge >= 0.3 is 0 Å². The van der Waals surface area contributed by atoms with Crippen LogP contribution in [0.1, 0.15) is 27.0 Å². The minimum atomic E-state index is -0.541. The number of non-ortho nitro benzene ring substituents is 1. The number of ether oxygens (including phenoxy) is 1. The van der Waals surface area contributed by atoms with E-state index in [1.54, 1.807) is 0 Å². The maximum atomic E-state index is 11.0. The van der Waals surface area contributed by atoms with Gasteiger partial charge in [-0.1, -0.05) is 29.3 Å². The predicted octanol–water partition coefficient (Wildman–Crippen LogP) is 3.60. The highest BCUT2D eigenvalue weighted by molar-refractivity contribution is 5.80. The van der Waals surface area contributed by atoms with Crippen LogP contribution >= 0.6 is 0 Å². The number of benzene rings is 2. The Kier molecular flexibility index (Phi) is 4.33. The molecule has 0 radical (unpaired) electrons. The highest BCUT2D eigenvalue weighted by Gasteiger charge is 2.11. The zero-order valence-corrected chi connectivity index (χ0v) is 11.8. The van der Waals surface area contributed by atoms with Gasteiger partial charge in [0, 0.05) is 12.1 Å². The molecule has 0 bridgehead atoms. The first-order chi connectivity index (χ1) is 9.99. The Hall–Kier alpha value is -2.69. The molecule has 0 heterocycles. The van der Waals surface area contributed by atoms with Gasteiger partial charge in [0.05, 0.1) is 10.5 Å². The summed E-state index contributed by atoms with van der Waals surface area (Å²) in [4.78, 5) is 21.2. The third kappa shape index (κ3) is 3.66. The van der Waals surface area contributed by atoms with Crippen LogP contribution < -0.4 is 4.74 Å². The number of hydrogen-bond acceptors (Lipinski definition) is 4. The van der Waals surface area contributed by atoms with Crippen molar-refractivity contribution < 1.29 is 14.5 Å². The van der Waals surface area contributed by atoms with Crippen LogP contribution in [0.2, 0.25) is 0 Å². The number of rotatable bonds is 5. The fraction of sp³-hybridized carbons (Fsp3) is 0.188. The molecule has 0 saturated heterocycles. The van der Waals surface area contributed by atoms with E-state index in [1.807, 2.05) is 26.0 Å². The number of nitro groups is 1. The first kappa shape index (κ1) is 14.7. The second kappa shape index (κ2) is 6.17. The zero-order chi connectivity index (χ0) is 15.4. The van der Waals surface area contributed by atoms with E-state index in [0.717, 1.165) is 16.7 Å². The summed E-state index contributed by atoms with van der Waals surface area (Å²) in [5.74, 6) is 0.342. The lowest BCUT2D eigenvalue weighted by Gasteiger charge is -2.09. The van der Waals surface area contributed by atoms with Crippen molar-refractivity contribution in [1.82, 2.24) is 0 Å². The maximum Gasteiger partial charge on any atom is 0.270 e. The van der Waals surface area contributed by atoms with Crippen molar-refractivity contribution in [2.75, 3.05) is 0 Å². The lowest BCUT2D eigenvalue weighted by atomic mass is 10.1. The molecule has 0 unspecified atom stereocenters. The summed E-state index contributed by atoms with van der Waals surface area (Å²) >= 11 is 0. The summed E-state index contributed by atoms with van der Waals surface area (Å²) in [7, 11) is 0. The quantitative estimate of drug-likeness (QED) is 0.478. The van der Waals surface area contributed by atoms with Crippen LogP contribution in [0, 0.1) is 24.0 Å². The Morgan fingerprint density at radius 2 is 1.81 bits per heavy atom. The maximum absolute atomic E-state index is 11.0. The van der Waals surface area contributed by atoms with E-state index >= 15 is 0 Å². The zero-order valence-electron chi connectivity index (χ0n) is 11.8. The molecule has 0 N–H and O–H groups in total. The number of hydrogen-bond donors (Lipinski definition) is 0. The number of carbonyl (C=O) groups is 1. The monoisotopic (exact) mass is 285 g/mol. The third-order valence-electron chi connectivity index (χ3n) is 3.01. The second-order valence-corrected chi connectivity index (χ2v) is 4.88. The van der Waals surface area contributed by atoms with E-state index in [1.165, 1.54) is 18.2 Å². The molecule has 2 rings (SSSR count). The molecule has 0 aliphatic heterocycles. The van der Waals surface area contributed by atoms with Gasteiger partial charge in [-0.05, 0) is 25.5 Å². The van der Waals surface area contributed by atoms with Crippen LogP contribution in [0.4, 0.5) is 5.69 Å². The van der Waals surface area contributed by atoms with Crippen molar-refractivity contribution in [3.63, 3.8) is 0 Å². The molecular weight excluding hydrogens is 270 g/mol. The SMILES string of the molecule is Cc1cc(C)cc(COc2ccc([N+](=O)[O-])cc2C=O)c1. The Labute approximate surface area is 122 Å². The molecule has 0 aromatic heterocycles. The first-order valence-electron chi connectivity index (χ1n) is 6.43. The van der Waals surface area contributed by atoms with Gasteiger partial charge in [-0.25, -0.2) is 0 Å². The molecule has 0 amide bonds. The highest BCUT2D eigenvalue weighted by Crippen LogP contribution is 2.24. The van der Waals surface area contributed by atoms with E-state index < -0.39 is 4.92 Å². The van der Waals surface area contributed by atoms with Gasteiger partial charge in [-0.2, -0.15) is 0 Å². The normalized spacial score (nSPS) is 10.2. The second-order valence-electron chi connectivity index (χ2n) is 4.88. The van der Waals surface area contributed by atoms with Gasteiger partial charge in [0.25, 0.3) is 5.69 Å².